The largest absolute Gasteiger partial charge is 0.305 e. The smallest absolute Gasteiger partial charge is 0.258 e. The quantitative estimate of drug-likeness (QED) is 0.788. The van der Waals surface area contributed by atoms with Crippen LogP contribution < -0.4 is 5.32 Å². The van der Waals surface area contributed by atoms with Crippen LogP contribution in [0.3, 0.4) is 0 Å². The predicted octanol–water partition coefficient (Wildman–Crippen LogP) is 3.14. The number of rotatable bonds is 5. The molecule has 0 aliphatic carbocycles. The zero-order chi connectivity index (χ0) is 16.1. The number of aryl methyl sites for hydroxylation is 1. The third-order valence-corrected chi connectivity index (χ3v) is 3.57. The molecule has 0 unspecified atom stereocenters. The van der Waals surface area contributed by atoms with Crippen molar-refractivity contribution in [2.75, 3.05) is 5.32 Å². The highest BCUT2D eigenvalue weighted by Crippen LogP contribution is 2.14. The number of nitrogens with zero attached hydrogens (tertiary/aromatic N) is 3. The summed E-state index contributed by atoms with van der Waals surface area (Å²) >= 11 is 0. The second-order valence-corrected chi connectivity index (χ2v) is 5.21. The topological polar surface area (TPSA) is 59.8 Å². The van der Waals surface area contributed by atoms with Crippen LogP contribution in [0, 0.1) is 0 Å². The lowest BCUT2D eigenvalue weighted by molar-refractivity contribution is 0.102. The van der Waals surface area contributed by atoms with E-state index in [0.717, 1.165) is 12.1 Å². The van der Waals surface area contributed by atoms with Crippen LogP contribution in [0.1, 0.15) is 28.5 Å². The van der Waals surface area contributed by atoms with Crippen molar-refractivity contribution in [3.05, 3.63) is 77.7 Å². The highest BCUT2D eigenvalue weighted by molar-refractivity contribution is 6.03. The van der Waals surface area contributed by atoms with Gasteiger partial charge in [-0.05, 0) is 24.1 Å². The van der Waals surface area contributed by atoms with E-state index in [1.165, 1.54) is 11.8 Å². The maximum Gasteiger partial charge on any atom is 0.258 e. The van der Waals surface area contributed by atoms with E-state index >= 15 is 0 Å². The summed E-state index contributed by atoms with van der Waals surface area (Å²) < 4.78 is 1.92. The van der Waals surface area contributed by atoms with Gasteiger partial charge in [-0.2, -0.15) is 5.10 Å². The van der Waals surface area contributed by atoms with Gasteiger partial charge in [0.25, 0.3) is 5.91 Å². The Balaban J connectivity index is 1.78. The molecule has 0 atom stereocenters. The monoisotopic (exact) mass is 306 g/mol. The van der Waals surface area contributed by atoms with Crippen molar-refractivity contribution in [2.24, 2.45) is 0 Å². The van der Waals surface area contributed by atoms with Gasteiger partial charge in [-0.3, -0.25) is 14.5 Å². The Morgan fingerprint density at radius 2 is 2.00 bits per heavy atom. The molecule has 116 valence electrons. The minimum atomic E-state index is -0.204. The molecule has 0 aliphatic heterocycles. The van der Waals surface area contributed by atoms with Crippen molar-refractivity contribution in [1.29, 1.82) is 0 Å². The first kappa shape index (κ1) is 15.0. The van der Waals surface area contributed by atoms with Crippen LogP contribution in [0.15, 0.2) is 60.9 Å². The maximum atomic E-state index is 12.2. The number of anilines is 1. The summed E-state index contributed by atoms with van der Waals surface area (Å²) in [6, 6.07) is 15.5. The van der Waals surface area contributed by atoms with E-state index in [1.807, 2.05) is 28.9 Å². The number of amides is 1. The standard InChI is InChI=1S/C18H18N4O/c1-2-16-11-17(20-18(23)15-9-6-10-19-12-15)21-22(16)13-14-7-4-3-5-8-14/h3-12H,2,13H2,1H3,(H,20,21,23). The van der Waals surface area contributed by atoms with Gasteiger partial charge in [0.1, 0.15) is 0 Å². The number of carbonyl (C=O) groups is 1. The van der Waals surface area contributed by atoms with E-state index < -0.39 is 0 Å². The Labute approximate surface area is 135 Å². The lowest BCUT2D eigenvalue weighted by Gasteiger charge is -2.05. The van der Waals surface area contributed by atoms with Crippen molar-refractivity contribution in [3.8, 4) is 0 Å². The third-order valence-electron chi connectivity index (χ3n) is 3.57. The number of hydrogen-bond acceptors (Lipinski definition) is 3. The molecule has 0 fully saturated rings. The zero-order valence-corrected chi connectivity index (χ0v) is 12.9. The molecule has 0 spiro atoms. The fourth-order valence-corrected chi connectivity index (χ4v) is 2.38. The van der Waals surface area contributed by atoms with Crippen LogP contribution in [0.4, 0.5) is 5.82 Å². The molecule has 2 aromatic heterocycles. The molecule has 5 heteroatoms. The van der Waals surface area contributed by atoms with Crippen molar-refractivity contribution >= 4 is 11.7 Å². The fourth-order valence-electron chi connectivity index (χ4n) is 2.38. The van der Waals surface area contributed by atoms with Crippen molar-refractivity contribution in [3.63, 3.8) is 0 Å². The summed E-state index contributed by atoms with van der Waals surface area (Å²) in [4.78, 5) is 16.1. The number of hydrogen-bond donors (Lipinski definition) is 1. The van der Waals surface area contributed by atoms with Gasteiger partial charge in [-0.1, -0.05) is 37.3 Å². The molecule has 3 rings (SSSR count). The van der Waals surface area contributed by atoms with Gasteiger partial charge in [-0.25, -0.2) is 0 Å². The Hall–Kier alpha value is -2.95. The molecule has 1 N–H and O–H groups in total. The minimum absolute atomic E-state index is 0.204. The Kier molecular flexibility index (Phi) is 4.47. The minimum Gasteiger partial charge on any atom is -0.305 e. The van der Waals surface area contributed by atoms with Gasteiger partial charge in [0.15, 0.2) is 5.82 Å². The summed E-state index contributed by atoms with van der Waals surface area (Å²) in [5.74, 6) is 0.358. The normalized spacial score (nSPS) is 10.5. The van der Waals surface area contributed by atoms with Crippen molar-refractivity contribution in [2.45, 2.75) is 19.9 Å². The van der Waals surface area contributed by atoms with Gasteiger partial charge >= 0.3 is 0 Å². The molecule has 23 heavy (non-hydrogen) atoms. The SMILES string of the molecule is CCc1cc(NC(=O)c2cccnc2)nn1Cc1ccccc1. The molecule has 0 aliphatic rings. The number of pyridine rings is 1. The molecule has 1 amide bonds. The molecule has 0 saturated heterocycles. The predicted molar refractivity (Wildman–Crippen MR) is 89.3 cm³/mol. The highest BCUT2D eigenvalue weighted by atomic mass is 16.1. The summed E-state index contributed by atoms with van der Waals surface area (Å²) in [5.41, 5.74) is 2.77. The van der Waals surface area contributed by atoms with Crippen molar-refractivity contribution < 1.29 is 4.79 Å². The molecule has 0 radical (unpaired) electrons. The zero-order valence-electron chi connectivity index (χ0n) is 12.9. The summed E-state index contributed by atoms with van der Waals surface area (Å²) in [5, 5.41) is 7.33. The van der Waals surface area contributed by atoms with Gasteiger partial charge in [0.2, 0.25) is 0 Å². The summed E-state index contributed by atoms with van der Waals surface area (Å²) in [6.07, 6.45) is 4.03. The van der Waals surface area contributed by atoms with Crippen LogP contribution in [0.25, 0.3) is 0 Å². The first-order valence-electron chi connectivity index (χ1n) is 7.58. The first-order chi connectivity index (χ1) is 11.3. The second kappa shape index (κ2) is 6.87. The molecule has 0 saturated carbocycles. The Morgan fingerprint density at radius 3 is 2.70 bits per heavy atom. The molecule has 0 bridgehead atoms. The molecule has 3 aromatic rings. The van der Waals surface area contributed by atoms with E-state index in [-0.39, 0.29) is 5.91 Å². The average Bonchev–Trinajstić information content (AvgIpc) is 2.98. The van der Waals surface area contributed by atoms with Crippen molar-refractivity contribution in [1.82, 2.24) is 14.8 Å². The van der Waals surface area contributed by atoms with Gasteiger partial charge in [0, 0.05) is 24.2 Å². The van der Waals surface area contributed by atoms with E-state index in [4.69, 9.17) is 0 Å². The average molecular weight is 306 g/mol. The Bertz CT molecular complexity index is 781. The van der Waals surface area contributed by atoms with E-state index in [1.54, 1.807) is 18.3 Å². The number of benzene rings is 1. The third kappa shape index (κ3) is 3.63. The van der Waals surface area contributed by atoms with Gasteiger partial charge in [0.05, 0.1) is 12.1 Å². The number of nitrogens with one attached hydrogen (secondary N) is 1. The van der Waals surface area contributed by atoms with E-state index in [2.05, 4.69) is 34.5 Å². The Morgan fingerprint density at radius 1 is 1.17 bits per heavy atom. The van der Waals surface area contributed by atoms with Crippen LogP contribution in [-0.2, 0) is 13.0 Å². The van der Waals surface area contributed by atoms with Crippen LogP contribution in [0.2, 0.25) is 0 Å². The summed E-state index contributed by atoms with van der Waals surface area (Å²) in [7, 11) is 0. The lowest BCUT2D eigenvalue weighted by atomic mass is 10.2. The molecule has 1 aromatic carbocycles. The second-order valence-electron chi connectivity index (χ2n) is 5.21. The molecule has 5 nitrogen and oxygen atoms in total. The lowest BCUT2D eigenvalue weighted by Crippen LogP contribution is -2.13. The fraction of sp³-hybridized carbons (Fsp3) is 0.167. The van der Waals surface area contributed by atoms with Crippen LogP contribution in [0.5, 0.6) is 0 Å². The van der Waals surface area contributed by atoms with Gasteiger partial charge < -0.3 is 5.32 Å². The van der Waals surface area contributed by atoms with E-state index in [0.29, 0.717) is 17.9 Å². The van der Waals surface area contributed by atoms with E-state index in [9.17, 15) is 4.79 Å². The maximum absolute atomic E-state index is 12.2. The number of aromatic nitrogens is 3. The summed E-state index contributed by atoms with van der Waals surface area (Å²) in [6.45, 7) is 2.76. The van der Waals surface area contributed by atoms with Crippen LogP contribution >= 0.6 is 0 Å². The molecule has 2 heterocycles. The first-order valence-corrected chi connectivity index (χ1v) is 7.58. The highest BCUT2D eigenvalue weighted by Gasteiger charge is 2.11. The molecular formula is C18H18N4O. The molecular weight excluding hydrogens is 288 g/mol. The van der Waals surface area contributed by atoms with Gasteiger partial charge in [-0.15, -0.1) is 0 Å². The van der Waals surface area contributed by atoms with Crippen LogP contribution in [-0.4, -0.2) is 20.7 Å². The number of carbonyl (C=O) groups excluding carboxylic acids is 1.